The first-order valence-corrected chi connectivity index (χ1v) is 13.5. The van der Waals surface area contributed by atoms with E-state index in [1.54, 1.807) is 36.5 Å². The van der Waals surface area contributed by atoms with Gasteiger partial charge in [0.25, 0.3) is 0 Å². The number of ether oxygens (including phenoxy) is 2. The first kappa shape index (κ1) is 26.1. The highest BCUT2D eigenvalue weighted by atomic mass is 16.6. The fourth-order valence-corrected chi connectivity index (χ4v) is 5.44. The van der Waals surface area contributed by atoms with Crippen LogP contribution in [0, 0.1) is 0 Å². The lowest BCUT2D eigenvalue weighted by Gasteiger charge is -2.19. The van der Waals surface area contributed by atoms with Crippen LogP contribution in [0.15, 0.2) is 109 Å². The number of nitrogens with one attached hydrogen (secondary N) is 2. The molecule has 0 unspecified atom stereocenters. The monoisotopic (exact) mass is 544 g/mol. The highest BCUT2D eigenvalue weighted by Crippen LogP contribution is 2.44. The quantitative estimate of drug-likeness (QED) is 0.174. The molecule has 1 aliphatic carbocycles. The molecule has 0 bridgehead atoms. The normalized spacial score (nSPS) is 12.8. The van der Waals surface area contributed by atoms with Crippen LogP contribution < -0.4 is 5.32 Å². The molecule has 41 heavy (non-hydrogen) atoms. The molecule has 5 aromatic rings. The number of rotatable bonds is 9. The number of Topliss-reactive ketones (excluding diaryl/α,β-unsaturated/α-hetero) is 1. The fourth-order valence-electron chi connectivity index (χ4n) is 5.44. The Labute approximate surface area is 237 Å². The van der Waals surface area contributed by atoms with Gasteiger partial charge < -0.3 is 19.8 Å². The van der Waals surface area contributed by atoms with Crippen molar-refractivity contribution in [2.45, 2.75) is 18.4 Å². The van der Waals surface area contributed by atoms with E-state index in [2.05, 4.69) is 22.4 Å². The minimum Gasteiger partial charge on any atom is -0.456 e. The summed E-state index contributed by atoms with van der Waals surface area (Å²) in [6.07, 6.45) is 1.23. The van der Waals surface area contributed by atoms with Crippen LogP contribution in [0.5, 0.6) is 0 Å². The average molecular weight is 545 g/mol. The lowest BCUT2D eigenvalue weighted by atomic mass is 9.98. The number of hydrogen-bond donors (Lipinski definition) is 2. The van der Waals surface area contributed by atoms with Crippen LogP contribution in [0.2, 0.25) is 0 Å². The highest BCUT2D eigenvalue weighted by Gasteiger charge is 2.30. The molecule has 2 N–H and O–H groups in total. The number of amides is 1. The molecule has 1 amide bonds. The van der Waals surface area contributed by atoms with E-state index in [0.29, 0.717) is 5.56 Å². The van der Waals surface area contributed by atoms with E-state index in [1.807, 2.05) is 60.7 Å². The van der Waals surface area contributed by atoms with Crippen molar-refractivity contribution >= 4 is 28.7 Å². The lowest BCUT2D eigenvalue weighted by Crippen LogP contribution is -2.44. The van der Waals surface area contributed by atoms with Gasteiger partial charge in [-0.25, -0.2) is 9.59 Å². The van der Waals surface area contributed by atoms with Crippen LogP contribution in [-0.2, 0) is 20.7 Å². The number of H-pyrrole nitrogens is 1. The number of aromatic amines is 1. The molecule has 6 rings (SSSR count). The topological polar surface area (TPSA) is 97.5 Å². The van der Waals surface area contributed by atoms with E-state index >= 15 is 0 Å². The molecule has 204 valence electrons. The largest absolute Gasteiger partial charge is 0.456 e. The van der Waals surface area contributed by atoms with Gasteiger partial charge >= 0.3 is 12.1 Å². The summed E-state index contributed by atoms with van der Waals surface area (Å²) in [5.74, 6) is -1.16. The van der Waals surface area contributed by atoms with Crippen molar-refractivity contribution < 1.29 is 23.9 Å². The Morgan fingerprint density at radius 1 is 0.756 bits per heavy atom. The first-order valence-electron chi connectivity index (χ1n) is 13.5. The van der Waals surface area contributed by atoms with Crippen molar-refractivity contribution in [2.75, 3.05) is 13.2 Å². The predicted octanol–water partition coefficient (Wildman–Crippen LogP) is 6.04. The van der Waals surface area contributed by atoms with E-state index in [4.69, 9.17) is 9.47 Å². The Bertz CT molecular complexity index is 1680. The minimum atomic E-state index is -1.06. The predicted molar refractivity (Wildman–Crippen MR) is 156 cm³/mol. The number of aromatic nitrogens is 1. The van der Waals surface area contributed by atoms with Gasteiger partial charge in [0.1, 0.15) is 12.6 Å². The third-order valence-corrected chi connectivity index (χ3v) is 7.46. The number of carbonyl (C=O) groups excluding carboxylic acids is 3. The van der Waals surface area contributed by atoms with E-state index in [-0.39, 0.29) is 24.7 Å². The van der Waals surface area contributed by atoms with Gasteiger partial charge in [0.05, 0.1) is 0 Å². The molecule has 0 saturated heterocycles. The fraction of sp³-hybridized carbons (Fsp3) is 0.147. The summed E-state index contributed by atoms with van der Waals surface area (Å²) >= 11 is 0. The molecule has 0 fully saturated rings. The van der Waals surface area contributed by atoms with Crippen LogP contribution in [0.4, 0.5) is 4.79 Å². The van der Waals surface area contributed by atoms with Crippen molar-refractivity contribution in [3.8, 4) is 11.1 Å². The maximum Gasteiger partial charge on any atom is 0.407 e. The number of fused-ring (bicyclic) bond motifs is 4. The number of benzene rings is 4. The maximum absolute atomic E-state index is 13.2. The van der Waals surface area contributed by atoms with Crippen molar-refractivity contribution in [1.29, 1.82) is 0 Å². The standard InChI is InChI=1S/C34H28N2O5/c37-32(22-10-2-1-3-11-22)21-40-33(38)31(18-23-19-35-30-17-9-8-12-24(23)30)36-34(39)41-20-29-27-15-6-4-13-25(27)26-14-5-7-16-28(26)29/h1-17,19,29,31,35H,18,20-21H2,(H,36,39)/t31-/m0/s1. The summed E-state index contributed by atoms with van der Waals surface area (Å²) in [6, 6.07) is 31.4. The molecule has 1 aromatic heterocycles. The molecular formula is C34H28N2O5. The maximum atomic E-state index is 13.2. The van der Waals surface area contributed by atoms with Gasteiger partial charge in [-0.05, 0) is 33.9 Å². The van der Waals surface area contributed by atoms with Crippen LogP contribution in [-0.4, -0.2) is 42.1 Å². The molecule has 0 saturated carbocycles. The zero-order valence-electron chi connectivity index (χ0n) is 22.2. The van der Waals surface area contributed by atoms with Crippen molar-refractivity contribution in [1.82, 2.24) is 10.3 Å². The van der Waals surface area contributed by atoms with E-state index < -0.39 is 24.7 Å². The van der Waals surface area contributed by atoms with Crippen LogP contribution in [0.3, 0.4) is 0 Å². The molecule has 1 atom stereocenters. The minimum absolute atomic E-state index is 0.112. The van der Waals surface area contributed by atoms with E-state index in [0.717, 1.165) is 38.7 Å². The second-order valence-corrected chi connectivity index (χ2v) is 9.98. The van der Waals surface area contributed by atoms with Crippen molar-refractivity contribution in [3.63, 3.8) is 0 Å². The van der Waals surface area contributed by atoms with Gasteiger partial charge in [-0.15, -0.1) is 0 Å². The molecule has 0 radical (unpaired) electrons. The zero-order chi connectivity index (χ0) is 28.2. The average Bonchev–Trinajstić information content (AvgIpc) is 3.57. The molecule has 7 heteroatoms. The summed E-state index contributed by atoms with van der Waals surface area (Å²) in [5.41, 5.74) is 6.62. The van der Waals surface area contributed by atoms with Gasteiger partial charge in [0, 0.05) is 35.0 Å². The van der Waals surface area contributed by atoms with Gasteiger partial charge in [0.2, 0.25) is 0 Å². The summed E-state index contributed by atoms with van der Waals surface area (Å²) < 4.78 is 11.1. The second-order valence-electron chi connectivity index (χ2n) is 9.98. The number of ketones is 1. The number of esters is 1. The first-order chi connectivity index (χ1) is 20.1. The van der Waals surface area contributed by atoms with Gasteiger partial charge in [0.15, 0.2) is 12.4 Å². The van der Waals surface area contributed by atoms with Crippen molar-refractivity contribution in [3.05, 3.63) is 132 Å². The van der Waals surface area contributed by atoms with E-state index in [1.165, 1.54) is 0 Å². The van der Waals surface area contributed by atoms with Gasteiger partial charge in [-0.1, -0.05) is 97.1 Å². The van der Waals surface area contributed by atoms with E-state index in [9.17, 15) is 14.4 Å². The number of hydrogen-bond acceptors (Lipinski definition) is 5. The Morgan fingerprint density at radius 2 is 1.39 bits per heavy atom. The number of alkyl carbamates (subject to hydrolysis) is 1. The SMILES string of the molecule is O=C(N[C@@H](Cc1c[nH]c2ccccc12)C(=O)OCC(=O)c1ccccc1)OCC1c2ccccc2-c2ccccc21. The van der Waals surface area contributed by atoms with Gasteiger partial charge in [-0.3, -0.25) is 4.79 Å². The number of para-hydroxylation sites is 1. The van der Waals surface area contributed by atoms with Crippen LogP contribution in [0.1, 0.15) is 33.0 Å². The Hall–Kier alpha value is -5.17. The molecular weight excluding hydrogens is 516 g/mol. The molecule has 4 aromatic carbocycles. The molecule has 1 aliphatic rings. The van der Waals surface area contributed by atoms with Crippen LogP contribution in [0.25, 0.3) is 22.0 Å². The lowest BCUT2D eigenvalue weighted by molar-refractivity contribution is -0.144. The Balaban J connectivity index is 1.16. The second kappa shape index (κ2) is 11.5. The third kappa shape index (κ3) is 5.47. The Kier molecular flexibility index (Phi) is 7.32. The van der Waals surface area contributed by atoms with Gasteiger partial charge in [-0.2, -0.15) is 0 Å². The summed E-state index contributed by atoms with van der Waals surface area (Å²) in [5, 5.41) is 3.62. The number of carbonyl (C=O) groups is 3. The molecule has 7 nitrogen and oxygen atoms in total. The molecule has 0 aliphatic heterocycles. The summed E-state index contributed by atoms with van der Waals surface area (Å²) in [7, 11) is 0. The highest BCUT2D eigenvalue weighted by molar-refractivity contribution is 5.98. The molecule has 1 heterocycles. The molecule has 0 spiro atoms. The van der Waals surface area contributed by atoms with Crippen LogP contribution >= 0.6 is 0 Å². The summed E-state index contributed by atoms with van der Waals surface area (Å²) in [6.45, 7) is -0.319. The van der Waals surface area contributed by atoms with Crippen molar-refractivity contribution in [2.24, 2.45) is 0 Å². The smallest absolute Gasteiger partial charge is 0.407 e. The Morgan fingerprint density at radius 3 is 2.12 bits per heavy atom. The summed E-state index contributed by atoms with van der Waals surface area (Å²) in [4.78, 5) is 42.0. The zero-order valence-corrected chi connectivity index (χ0v) is 22.2. The third-order valence-electron chi connectivity index (χ3n) is 7.46.